The molecule has 57 heavy (non-hydrogen) atoms. The van der Waals surface area contributed by atoms with Crippen molar-refractivity contribution < 1.29 is 52.2 Å². The lowest BCUT2D eigenvalue weighted by atomic mass is 10.0. The van der Waals surface area contributed by atoms with E-state index < -0.39 is 51.1 Å². The number of nitrogens with two attached hydrogens (primary N) is 1. The van der Waals surface area contributed by atoms with Crippen molar-refractivity contribution in [1.82, 2.24) is 0 Å². The van der Waals surface area contributed by atoms with Gasteiger partial charge in [0.25, 0.3) is 0 Å². The van der Waals surface area contributed by atoms with Gasteiger partial charge >= 0.3 is 25.7 Å². The number of allylic oxidation sites excluding steroid dienone is 4. The monoisotopic (exact) mass is 828 g/mol. The van der Waals surface area contributed by atoms with Crippen LogP contribution in [0, 0.1) is 0 Å². The second-order valence-corrected chi connectivity index (χ2v) is 16.7. The summed E-state index contributed by atoms with van der Waals surface area (Å²) in [5.74, 6) is -2.45. The number of carboxylic acid groups (broad SMARTS) is 1. The molecule has 4 N–H and O–H groups in total. The third kappa shape index (κ3) is 33.2. The van der Waals surface area contributed by atoms with Crippen LogP contribution in [0.2, 0.25) is 0 Å². The van der Waals surface area contributed by atoms with Crippen LogP contribution < -0.4 is 5.73 Å². The van der Waals surface area contributed by atoms with Crippen molar-refractivity contribution in [2.24, 2.45) is 5.73 Å². The summed E-state index contributed by atoms with van der Waals surface area (Å²) in [5.41, 5.74) is 5.33. The highest BCUT2D eigenvalue weighted by Crippen LogP contribution is 2.43. The van der Waals surface area contributed by atoms with Crippen LogP contribution >= 0.6 is 7.82 Å². The number of carbonyl (C=O) groups is 3. The van der Waals surface area contributed by atoms with Crippen molar-refractivity contribution in [3.8, 4) is 0 Å². The Morgan fingerprint density at radius 2 is 1.11 bits per heavy atom. The highest BCUT2D eigenvalue weighted by atomic mass is 31.2. The van der Waals surface area contributed by atoms with Gasteiger partial charge in [-0.1, -0.05) is 153 Å². The third-order valence-electron chi connectivity index (χ3n) is 9.79. The summed E-state index contributed by atoms with van der Waals surface area (Å²) in [5, 5.41) is 8.89. The van der Waals surface area contributed by atoms with E-state index in [9.17, 15) is 23.8 Å². The molecule has 13 heteroatoms. The SMILES string of the molecule is CCCCC/C=C\CC1OC1C/C=C\C/C=C\CCCC(=O)OC(COC(=O)CCCCCCCCCCCCCCCCC)COP(=O)(O)OCC(N)C(=O)O. The van der Waals surface area contributed by atoms with E-state index in [-0.39, 0.29) is 19.4 Å². The predicted molar refractivity (Wildman–Crippen MR) is 226 cm³/mol. The zero-order valence-electron chi connectivity index (χ0n) is 35.4. The number of phosphoric ester groups is 1. The number of esters is 2. The molecule has 0 aromatic rings. The fourth-order valence-corrected chi connectivity index (χ4v) is 6.94. The van der Waals surface area contributed by atoms with E-state index in [1.54, 1.807) is 0 Å². The van der Waals surface area contributed by atoms with E-state index in [0.29, 0.717) is 31.5 Å². The molecule has 5 atom stereocenters. The van der Waals surface area contributed by atoms with E-state index in [0.717, 1.165) is 44.9 Å². The summed E-state index contributed by atoms with van der Waals surface area (Å²) in [6.45, 7) is 2.71. The molecule has 1 rings (SSSR count). The first-order valence-corrected chi connectivity index (χ1v) is 23.6. The first-order chi connectivity index (χ1) is 27.6. The molecule has 0 aromatic heterocycles. The molecule has 0 aromatic carbocycles. The summed E-state index contributed by atoms with van der Waals surface area (Å²) < 4.78 is 38.4. The number of ether oxygens (including phenoxy) is 3. The molecule has 0 spiro atoms. The Morgan fingerprint density at radius 1 is 0.632 bits per heavy atom. The molecule has 0 aliphatic carbocycles. The maximum Gasteiger partial charge on any atom is 0.472 e. The topological polar surface area (TPSA) is 184 Å². The van der Waals surface area contributed by atoms with Gasteiger partial charge in [0, 0.05) is 12.8 Å². The molecule has 1 fully saturated rings. The lowest BCUT2D eigenvalue weighted by Gasteiger charge is -2.20. The number of aliphatic carboxylic acids is 1. The molecule has 0 amide bonds. The maximum absolute atomic E-state index is 12.6. The number of rotatable bonds is 40. The largest absolute Gasteiger partial charge is 0.480 e. The number of hydrogen-bond donors (Lipinski definition) is 3. The molecule has 0 radical (unpaired) electrons. The summed E-state index contributed by atoms with van der Waals surface area (Å²) in [6.07, 6.45) is 39.6. The molecule has 330 valence electrons. The standard InChI is InChI=1S/C44H78NO11P/c1-3-5-7-9-11-12-13-14-15-16-17-18-21-25-29-33-42(46)52-35-38(36-53-57(50,51)54-37-39(45)44(48)49)55-43(47)34-30-26-22-19-20-24-28-32-41-40(56-41)31-27-23-10-8-6-4-2/h19,22-24,27-28,38-41H,3-18,20-21,25-26,29-37,45H2,1-2H3,(H,48,49)(H,50,51)/b22-19-,27-23-,28-24-. The highest BCUT2D eigenvalue weighted by molar-refractivity contribution is 7.47. The third-order valence-corrected chi connectivity index (χ3v) is 10.7. The first-order valence-electron chi connectivity index (χ1n) is 22.1. The molecule has 1 saturated heterocycles. The Kier molecular flexibility index (Phi) is 32.9. The second kappa shape index (κ2) is 35.6. The summed E-state index contributed by atoms with van der Waals surface area (Å²) >= 11 is 0. The second-order valence-electron chi connectivity index (χ2n) is 15.2. The minimum absolute atomic E-state index is 0.0813. The number of epoxide rings is 1. The highest BCUT2D eigenvalue weighted by Gasteiger charge is 2.36. The summed E-state index contributed by atoms with van der Waals surface area (Å²) in [6, 6.07) is -1.53. The van der Waals surface area contributed by atoms with Gasteiger partial charge in [-0.2, -0.15) is 0 Å². The fourth-order valence-electron chi connectivity index (χ4n) is 6.16. The number of unbranched alkanes of at least 4 members (excludes halogenated alkanes) is 18. The zero-order chi connectivity index (χ0) is 41.8. The Bertz CT molecular complexity index is 1180. The van der Waals surface area contributed by atoms with Crippen molar-refractivity contribution in [1.29, 1.82) is 0 Å². The predicted octanol–water partition coefficient (Wildman–Crippen LogP) is 10.6. The van der Waals surface area contributed by atoms with Crippen LogP contribution in [0.1, 0.15) is 181 Å². The van der Waals surface area contributed by atoms with Crippen molar-refractivity contribution in [3.05, 3.63) is 36.5 Å². The lowest BCUT2D eigenvalue weighted by Crippen LogP contribution is -2.34. The molecule has 0 bridgehead atoms. The van der Waals surface area contributed by atoms with Gasteiger partial charge in [-0.3, -0.25) is 23.4 Å². The van der Waals surface area contributed by atoms with Crippen molar-refractivity contribution in [2.45, 2.75) is 205 Å². The van der Waals surface area contributed by atoms with Gasteiger partial charge in [-0.15, -0.1) is 0 Å². The average Bonchev–Trinajstić information content (AvgIpc) is 3.94. The fraction of sp³-hybridized carbons (Fsp3) is 0.795. The van der Waals surface area contributed by atoms with Crippen LogP contribution in [0.4, 0.5) is 0 Å². The van der Waals surface area contributed by atoms with Crippen LogP contribution in [0.3, 0.4) is 0 Å². The quantitative estimate of drug-likeness (QED) is 0.0175. The van der Waals surface area contributed by atoms with E-state index >= 15 is 0 Å². The number of carboxylic acids is 1. The molecule has 12 nitrogen and oxygen atoms in total. The Labute approximate surface area is 344 Å². The van der Waals surface area contributed by atoms with Gasteiger partial charge < -0.3 is 29.9 Å². The molecule has 1 aliphatic heterocycles. The van der Waals surface area contributed by atoms with E-state index in [1.807, 2.05) is 12.2 Å². The van der Waals surface area contributed by atoms with Crippen LogP contribution in [0.5, 0.6) is 0 Å². The van der Waals surface area contributed by atoms with Crippen molar-refractivity contribution in [2.75, 3.05) is 19.8 Å². The van der Waals surface area contributed by atoms with Gasteiger partial charge in [0.1, 0.15) is 12.6 Å². The minimum Gasteiger partial charge on any atom is -0.480 e. The summed E-state index contributed by atoms with van der Waals surface area (Å²) in [7, 11) is -4.73. The zero-order valence-corrected chi connectivity index (χ0v) is 36.3. The molecule has 0 saturated carbocycles. The minimum atomic E-state index is -4.73. The molecule has 1 heterocycles. The van der Waals surface area contributed by atoms with Gasteiger partial charge in [-0.25, -0.2) is 4.57 Å². The summed E-state index contributed by atoms with van der Waals surface area (Å²) in [4.78, 5) is 46.0. The Morgan fingerprint density at radius 3 is 1.70 bits per heavy atom. The smallest absolute Gasteiger partial charge is 0.472 e. The van der Waals surface area contributed by atoms with Gasteiger partial charge in [0.15, 0.2) is 6.10 Å². The molecule has 5 unspecified atom stereocenters. The van der Waals surface area contributed by atoms with Crippen LogP contribution in [0.15, 0.2) is 36.5 Å². The first kappa shape index (κ1) is 52.7. The van der Waals surface area contributed by atoms with Gasteiger partial charge in [0.2, 0.25) is 0 Å². The number of phosphoric acid groups is 1. The van der Waals surface area contributed by atoms with Gasteiger partial charge in [-0.05, 0) is 51.4 Å². The normalized spacial score (nSPS) is 17.6. The van der Waals surface area contributed by atoms with Gasteiger partial charge in [0.05, 0.1) is 25.4 Å². The number of carbonyl (C=O) groups excluding carboxylic acids is 2. The Hall–Kier alpha value is -2.34. The van der Waals surface area contributed by atoms with Crippen LogP contribution in [-0.4, -0.2) is 72.1 Å². The van der Waals surface area contributed by atoms with Crippen LogP contribution in [0.25, 0.3) is 0 Å². The van der Waals surface area contributed by atoms with Crippen molar-refractivity contribution >= 4 is 25.7 Å². The number of hydrogen-bond acceptors (Lipinski definition) is 10. The Balaban J connectivity index is 2.32. The van der Waals surface area contributed by atoms with E-state index in [4.69, 9.17) is 29.6 Å². The molecular weight excluding hydrogens is 749 g/mol. The average molecular weight is 828 g/mol. The van der Waals surface area contributed by atoms with E-state index in [1.165, 1.54) is 89.9 Å². The van der Waals surface area contributed by atoms with E-state index in [2.05, 4.69) is 42.7 Å². The maximum atomic E-state index is 12.6. The molecular formula is C44H78NO11P. The lowest BCUT2D eigenvalue weighted by molar-refractivity contribution is -0.161. The van der Waals surface area contributed by atoms with Crippen LogP contribution in [-0.2, 0) is 42.2 Å². The van der Waals surface area contributed by atoms with Crippen molar-refractivity contribution in [3.63, 3.8) is 0 Å². The molecule has 1 aliphatic rings.